The molecule has 1 N–H and O–H groups in total. The molecule has 6 aliphatic carbocycles. The number of aliphatic hydroxyl groups excluding tert-OH is 1. The van der Waals surface area contributed by atoms with Gasteiger partial charge in [-0.05, 0) is 260 Å². The monoisotopic (exact) mass is 1220 g/mol. The SMILES string of the molecule is CPC.O=CC1CC2CC(Oc3ccc([C@@H]4c5ccc(OCc6ccccc6)cc5CC[C@@H]4c4ccc(F)cc4)cc3)CC2C1.OCC1CC2CC(Oc3ccc([C@@H]4c5ccc(OCc6ccccc6)cc5CC[C@@H]4c4ccc(F)cc4)cc3)CC2C1.[2H]CC. The standard InChI is InChI=1S/C38H39FO3.C38H37FO3.C2H7P.C2H6/c2*39-32-11-6-27(7-12-32)36-16-10-29-20-34(41-24-25-4-2-1-3-5-25)15-17-37(29)38(36)28-8-13-33(14-9-28)42-35-21-30-18-26(23-40)19-31(30)22-35;1-3-2;1-2/h1-9,11-15,17,20,26,30-31,35-36,38,40H,10,16,18-19,21-24H2;1-9,11-15,17,20,23,26,30-31,35-36,38H,10,16,18-19,21-22,24H2;3H,1-2H3;1-2H3/t2*26?,30?,31?,35?,36-,38+;;/m11../s1/i;;;1D. The molecule has 0 spiro atoms. The van der Waals surface area contributed by atoms with Crippen LogP contribution in [-0.2, 0) is 30.8 Å². The van der Waals surface area contributed by atoms with Crippen LogP contribution in [0.25, 0.3) is 0 Å². The van der Waals surface area contributed by atoms with Gasteiger partial charge in [-0.2, -0.15) is 0 Å². The molecule has 4 fully saturated rings. The quantitative estimate of drug-likeness (QED) is 0.0768. The van der Waals surface area contributed by atoms with E-state index in [0.717, 1.165) is 126 Å². The van der Waals surface area contributed by atoms with Crippen LogP contribution >= 0.6 is 8.58 Å². The first kappa shape index (κ1) is 62.1. The fraction of sp³-hybridized carbons (Fsp3) is 0.388. The Hall–Kier alpha value is -7.12. The lowest BCUT2D eigenvalue weighted by Gasteiger charge is -2.35. The first-order chi connectivity index (χ1) is 44.1. The Morgan fingerprint density at radius 3 is 1.22 bits per heavy atom. The van der Waals surface area contributed by atoms with Gasteiger partial charge in [-0.3, -0.25) is 0 Å². The van der Waals surface area contributed by atoms with Crippen LogP contribution in [-0.4, -0.2) is 43.5 Å². The zero-order valence-electron chi connectivity index (χ0n) is 53.0. The van der Waals surface area contributed by atoms with Crippen molar-refractivity contribution in [2.24, 2.45) is 35.5 Å². The highest BCUT2D eigenvalue weighted by Gasteiger charge is 2.44. The van der Waals surface area contributed by atoms with E-state index in [0.29, 0.717) is 56.3 Å². The summed E-state index contributed by atoms with van der Waals surface area (Å²) in [5.74, 6) is 7.44. The Balaban J connectivity index is 0.000000170. The van der Waals surface area contributed by atoms with Gasteiger partial charge in [0.1, 0.15) is 54.1 Å². The molecule has 4 unspecified atom stereocenters. The molecule has 0 heterocycles. The highest BCUT2D eigenvalue weighted by Crippen LogP contribution is 2.52. The van der Waals surface area contributed by atoms with Gasteiger partial charge in [0.2, 0.25) is 0 Å². The molecule has 6 nitrogen and oxygen atoms in total. The third kappa shape index (κ3) is 15.7. The van der Waals surface area contributed by atoms with Crippen molar-refractivity contribution in [2.45, 2.75) is 140 Å². The van der Waals surface area contributed by atoms with E-state index in [9.17, 15) is 18.7 Å². The Morgan fingerprint density at radius 1 is 0.494 bits per heavy atom. The fourth-order valence-electron chi connectivity index (χ4n) is 15.9. The van der Waals surface area contributed by atoms with Crippen LogP contribution in [0.15, 0.2) is 194 Å². The minimum atomic E-state index is -0.203. The summed E-state index contributed by atoms with van der Waals surface area (Å²) in [6.45, 7) is 8.02. The van der Waals surface area contributed by atoms with Crippen molar-refractivity contribution in [1.82, 2.24) is 0 Å². The summed E-state index contributed by atoms with van der Waals surface area (Å²) in [6, 6.07) is 65.0. The molecule has 0 saturated heterocycles. The van der Waals surface area contributed by atoms with Crippen molar-refractivity contribution in [3.8, 4) is 23.0 Å². The number of aldehydes is 1. The third-order valence-electron chi connectivity index (χ3n) is 19.9. The third-order valence-corrected chi connectivity index (χ3v) is 19.9. The first-order valence-electron chi connectivity index (χ1n) is 33.4. The molecule has 0 aliphatic heterocycles. The van der Waals surface area contributed by atoms with Crippen LogP contribution in [0.2, 0.25) is 0 Å². The van der Waals surface area contributed by atoms with Crippen LogP contribution in [0.3, 0.4) is 0 Å². The van der Waals surface area contributed by atoms with Crippen molar-refractivity contribution < 1.29 is 39.0 Å². The average molecular weight is 1220 g/mol. The van der Waals surface area contributed by atoms with Crippen molar-refractivity contribution in [3.05, 3.63) is 261 Å². The number of hydrogen-bond donors (Lipinski definition) is 1. The second-order valence-electron chi connectivity index (χ2n) is 25.6. The predicted molar refractivity (Wildman–Crippen MR) is 357 cm³/mol. The normalized spacial score (nSPS) is 25.3. The summed E-state index contributed by atoms with van der Waals surface area (Å²) in [5.41, 5.74) is 12.4. The molecule has 8 atom stereocenters. The highest BCUT2D eigenvalue weighted by atomic mass is 31.1. The molecule has 0 radical (unpaired) electrons. The molecule has 6 aliphatic rings. The van der Waals surface area contributed by atoms with Crippen molar-refractivity contribution in [3.63, 3.8) is 0 Å². The highest BCUT2D eigenvalue weighted by molar-refractivity contribution is 7.35. The Morgan fingerprint density at radius 2 is 0.854 bits per heavy atom. The largest absolute Gasteiger partial charge is 0.490 e. The maximum atomic E-state index is 13.8. The smallest absolute Gasteiger partial charge is 0.123 e. The summed E-state index contributed by atoms with van der Waals surface area (Å²) in [5, 5.41) is 9.55. The van der Waals surface area contributed by atoms with Gasteiger partial charge in [0.15, 0.2) is 0 Å². The van der Waals surface area contributed by atoms with Crippen LogP contribution in [0.5, 0.6) is 23.0 Å². The van der Waals surface area contributed by atoms with E-state index in [1.165, 1.54) is 44.5 Å². The summed E-state index contributed by atoms with van der Waals surface area (Å²) in [7, 11) is 1.08. The van der Waals surface area contributed by atoms with E-state index in [2.05, 4.69) is 123 Å². The van der Waals surface area contributed by atoms with E-state index in [4.69, 9.17) is 20.3 Å². The lowest BCUT2D eigenvalue weighted by Crippen LogP contribution is -2.21. The average Bonchev–Trinajstić information content (AvgIpc) is 1.35. The van der Waals surface area contributed by atoms with E-state index in [1.54, 1.807) is 31.2 Å². The zero-order valence-corrected chi connectivity index (χ0v) is 53.0. The van der Waals surface area contributed by atoms with Gasteiger partial charge in [0, 0.05) is 25.7 Å². The number of aryl methyl sites for hydroxylation is 2. The van der Waals surface area contributed by atoms with Gasteiger partial charge in [-0.25, -0.2) is 8.78 Å². The van der Waals surface area contributed by atoms with Crippen molar-refractivity contribution in [1.29, 1.82) is 0 Å². The topological polar surface area (TPSA) is 74.2 Å². The summed E-state index contributed by atoms with van der Waals surface area (Å²) >= 11 is 0. The molecule has 8 aromatic rings. The minimum absolute atomic E-state index is 0.155. The number of benzene rings is 8. The van der Waals surface area contributed by atoms with Gasteiger partial charge in [0.05, 0.1) is 12.2 Å². The molecule has 0 bridgehead atoms. The number of aliphatic hydroxyl groups is 1. The lowest BCUT2D eigenvalue weighted by atomic mass is 9.69. The van der Waals surface area contributed by atoms with E-state index in [-0.39, 0.29) is 53.4 Å². The number of hydrogen-bond acceptors (Lipinski definition) is 6. The number of rotatable bonds is 16. The van der Waals surface area contributed by atoms with E-state index in [1.807, 2.05) is 60.7 Å². The molecular weight excluding hydrogens is 1130 g/mol. The van der Waals surface area contributed by atoms with Crippen LogP contribution in [0, 0.1) is 47.1 Å². The second kappa shape index (κ2) is 30.6. The van der Waals surface area contributed by atoms with Crippen molar-refractivity contribution >= 4 is 14.9 Å². The zero-order chi connectivity index (χ0) is 62.3. The van der Waals surface area contributed by atoms with Crippen LogP contribution in [0.1, 0.15) is 159 Å². The number of ether oxygens (including phenoxy) is 4. The van der Waals surface area contributed by atoms with Gasteiger partial charge >= 0.3 is 0 Å². The van der Waals surface area contributed by atoms with Gasteiger partial charge in [-0.1, -0.05) is 135 Å². The molecule has 89 heavy (non-hydrogen) atoms. The Kier molecular flexibility index (Phi) is 21.3. The van der Waals surface area contributed by atoms with E-state index < -0.39 is 0 Å². The number of carbonyl (C=O) groups is 1. The van der Waals surface area contributed by atoms with Crippen LogP contribution < -0.4 is 18.9 Å². The predicted octanol–water partition coefficient (Wildman–Crippen LogP) is 19.0. The van der Waals surface area contributed by atoms with Crippen molar-refractivity contribution in [2.75, 3.05) is 19.9 Å². The molecule has 0 aromatic heterocycles. The Labute approximate surface area is 531 Å². The van der Waals surface area contributed by atoms with Crippen LogP contribution in [0.4, 0.5) is 8.78 Å². The lowest BCUT2D eigenvalue weighted by molar-refractivity contribution is -0.111. The maximum Gasteiger partial charge on any atom is 0.123 e. The first-order valence-corrected chi connectivity index (χ1v) is 34.7. The maximum absolute atomic E-state index is 13.8. The molecule has 14 rings (SSSR count). The second-order valence-corrected chi connectivity index (χ2v) is 26.6. The fourth-order valence-corrected chi connectivity index (χ4v) is 15.9. The summed E-state index contributed by atoms with van der Waals surface area (Å²) in [4.78, 5) is 11.2. The van der Waals surface area contributed by atoms with Gasteiger partial charge < -0.3 is 28.8 Å². The molecule has 8 aromatic carbocycles. The Bertz CT molecular complexity index is 3490. The molecule has 0 amide bonds. The summed E-state index contributed by atoms with van der Waals surface area (Å²) < 4.78 is 59.1. The molecule has 464 valence electrons. The molecular formula is C80H89F2O6P. The summed E-state index contributed by atoms with van der Waals surface area (Å²) in [6.07, 6.45) is 14.2. The minimum Gasteiger partial charge on any atom is -0.490 e. The molecule has 4 saturated carbocycles. The molecule has 9 heteroatoms. The number of carbonyl (C=O) groups excluding carboxylic acids is 1. The van der Waals surface area contributed by atoms with E-state index >= 15 is 0 Å². The number of fused-ring (bicyclic) bond motifs is 4. The van der Waals surface area contributed by atoms with Gasteiger partial charge in [-0.15, -0.1) is 8.58 Å². The van der Waals surface area contributed by atoms with Gasteiger partial charge in [0.25, 0.3) is 0 Å². The number of halogens is 2.